The van der Waals surface area contributed by atoms with Gasteiger partial charge in [-0.15, -0.1) is 0 Å². The molecule has 3 aromatic rings. The lowest BCUT2D eigenvalue weighted by Crippen LogP contribution is -1.96. The first-order chi connectivity index (χ1) is 12.5. The molecule has 3 rings (SSSR count). The Balaban J connectivity index is 1.85. The predicted octanol–water partition coefficient (Wildman–Crippen LogP) is 5.40. The number of halogens is 1. The van der Waals surface area contributed by atoms with Gasteiger partial charge in [-0.1, -0.05) is 51.4 Å². The maximum absolute atomic E-state index is 11.1. The topological polar surface area (TPSA) is 78.4 Å². The molecule has 1 heterocycles. The van der Waals surface area contributed by atoms with Gasteiger partial charge in [0.05, 0.1) is 4.92 Å². The second-order valence-corrected chi connectivity index (χ2v) is 6.44. The van der Waals surface area contributed by atoms with Crippen LogP contribution in [0.1, 0.15) is 22.6 Å². The van der Waals surface area contributed by atoms with Gasteiger partial charge in [0.1, 0.15) is 12.4 Å². The number of hydrogen-bond donors (Lipinski definition) is 0. The molecular formula is C19H15BrN2O4. The summed E-state index contributed by atoms with van der Waals surface area (Å²) in [5.74, 6) is 0.758. The number of ether oxygens (including phenoxy) is 1. The molecule has 0 saturated carbocycles. The third-order valence-electron chi connectivity index (χ3n) is 3.66. The van der Waals surface area contributed by atoms with Crippen molar-refractivity contribution < 1.29 is 14.2 Å². The van der Waals surface area contributed by atoms with Gasteiger partial charge < -0.3 is 9.26 Å². The normalized spacial score (nSPS) is 11.0. The molecule has 0 spiro atoms. The molecule has 7 heteroatoms. The third kappa shape index (κ3) is 4.18. The molecule has 6 nitrogen and oxygen atoms in total. The minimum Gasteiger partial charge on any atom is -0.488 e. The van der Waals surface area contributed by atoms with E-state index in [2.05, 4.69) is 21.1 Å². The smallest absolute Gasteiger partial charge is 0.338 e. The molecule has 0 fully saturated rings. The molecule has 1 aromatic heterocycles. The van der Waals surface area contributed by atoms with Crippen molar-refractivity contribution in [1.29, 1.82) is 0 Å². The van der Waals surface area contributed by atoms with Crippen molar-refractivity contribution in [2.45, 2.75) is 13.5 Å². The summed E-state index contributed by atoms with van der Waals surface area (Å²) < 4.78 is 11.8. The quantitative estimate of drug-likeness (QED) is 0.398. The SMILES string of the molecule is Cc1noc(/C=C/c2cc(Br)ccc2OCc2ccccc2)c1[N+](=O)[O-]. The summed E-state index contributed by atoms with van der Waals surface area (Å²) in [5, 5.41) is 14.8. The average Bonchev–Trinajstić information content (AvgIpc) is 3.01. The van der Waals surface area contributed by atoms with E-state index < -0.39 is 4.92 Å². The molecule has 0 N–H and O–H groups in total. The van der Waals surface area contributed by atoms with Crippen LogP contribution in [0.3, 0.4) is 0 Å². The van der Waals surface area contributed by atoms with Crippen molar-refractivity contribution in [1.82, 2.24) is 5.16 Å². The van der Waals surface area contributed by atoms with Crippen LogP contribution < -0.4 is 4.74 Å². The van der Waals surface area contributed by atoms with Crippen molar-refractivity contribution in [2.24, 2.45) is 0 Å². The highest BCUT2D eigenvalue weighted by molar-refractivity contribution is 9.10. The molecule has 0 bridgehead atoms. The predicted molar refractivity (Wildman–Crippen MR) is 102 cm³/mol. The van der Waals surface area contributed by atoms with E-state index in [0.717, 1.165) is 15.6 Å². The van der Waals surface area contributed by atoms with Crippen LogP contribution in [0.5, 0.6) is 5.75 Å². The fourth-order valence-corrected chi connectivity index (χ4v) is 2.77. The van der Waals surface area contributed by atoms with E-state index in [4.69, 9.17) is 9.26 Å². The van der Waals surface area contributed by atoms with Gasteiger partial charge in [-0.05, 0) is 42.8 Å². The Bertz CT molecular complexity index is 951. The van der Waals surface area contributed by atoms with E-state index in [1.807, 2.05) is 48.5 Å². The number of nitro groups is 1. The zero-order valence-corrected chi connectivity index (χ0v) is 15.5. The van der Waals surface area contributed by atoms with Crippen LogP contribution in [-0.4, -0.2) is 10.1 Å². The minimum atomic E-state index is -0.501. The molecule has 0 amide bonds. The first-order valence-corrected chi connectivity index (χ1v) is 8.59. The highest BCUT2D eigenvalue weighted by Crippen LogP contribution is 2.29. The van der Waals surface area contributed by atoms with Crippen LogP contribution in [0, 0.1) is 17.0 Å². The first kappa shape index (κ1) is 17.9. The number of rotatable bonds is 6. The highest BCUT2D eigenvalue weighted by atomic mass is 79.9. The van der Waals surface area contributed by atoms with Crippen LogP contribution in [0.15, 0.2) is 57.5 Å². The van der Waals surface area contributed by atoms with Gasteiger partial charge in [-0.25, -0.2) is 0 Å². The van der Waals surface area contributed by atoms with Crippen LogP contribution >= 0.6 is 15.9 Å². The van der Waals surface area contributed by atoms with Crippen LogP contribution in [0.4, 0.5) is 5.69 Å². The van der Waals surface area contributed by atoms with E-state index in [1.165, 1.54) is 13.0 Å². The Labute approximate surface area is 158 Å². The molecule has 0 aliphatic rings. The van der Waals surface area contributed by atoms with Gasteiger partial charge in [0.2, 0.25) is 5.76 Å². The molecule has 0 unspecified atom stereocenters. The summed E-state index contributed by atoms with van der Waals surface area (Å²) in [4.78, 5) is 10.6. The summed E-state index contributed by atoms with van der Waals surface area (Å²) in [6, 6.07) is 15.4. The van der Waals surface area contributed by atoms with E-state index in [0.29, 0.717) is 12.4 Å². The van der Waals surface area contributed by atoms with Crippen molar-refractivity contribution >= 4 is 33.8 Å². The van der Waals surface area contributed by atoms with Crippen molar-refractivity contribution in [3.05, 3.63) is 85.7 Å². The molecule has 2 aromatic carbocycles. The summed E-state index contributed by atoms with van der Waals surface area (Å²) >= 11 is 3.43. The van der Waals surface area contributed by atoms with Crippen molar-refractivity contribution in [3.8, 4) is 5.75 Å². The Morgan fingerprint density at radius 1 is 1.23 bits per heavy atom. The lowest BCUT2D eigenvalue weighted by atomic mass is 10.1. The summed E-state index contributed by atoms with van der Waals surface area (Å²) in [6.07, 6.45) is 3.23. The molecular weight excluding hydrogens is 400 g/mol. The zero-order chi connectivity index (χ0) is 18.5. The molecule has 0 radical (unpaired) electrons. The Morgan fingerprint density at radius 2 is 2.00 bits per heavy atom. The zero-order valence-electron chi connectivity index (χ0n) is 13.9. The lowest BCUT2D eigenvalue weighted by molar-refractivity contribution is -0.386. The molecule has 132 valence electrons. The molecule has 0 atom stereocenters. The van der Waals surface area contributed by atoms with Gasteiger partial charge in [0, 0.05) is 10.0 Å². The maximum Gasteiger partial charge on any atom is 0.338 e. The Kier molecular flexibility index (Phi) is 5.48. The second kappa shape index (κ2) is 7.97. The largest absolute Gasteiger partial charge is 0.488 e. The standard InChI is InChI=1S/C19H15BrN2O4/c1-13-19(22(23)24)18(26-21-13)9-7-15-11-16(20)8-10-17(15)25-12-14-5-3-2-4-6-14/h2-11H,12H2,1H3/b9-7+. The van der Waals surface area contributed by atoms with Gasteiger partial charge in [-0.3, -0.25) is 10.1 Å². The summed E-state index contributed by atoms with van der Waals surface area (Å²) in [6.45, 7) is 1.96. The fraction of sp³-hybridized carbons (Fsp3) is 0.105. The van der Waals surface area contributed by atoms with Gasteiger partial charge in [0.15, 0.2) is 5.69 Å². The van der Waals surface area contributed by atoms with E-state index in [1.54, 1.807) is 6.08 Å². The number of hydrogen-bond acceptors (Lipinski definition) is 5. The van der Waals surface area contributed by atoms with Crippen LogP contribution in [-0.2, 0) is 6.61 Å². The number of benzene rings is 2. The Morgan fingerprint density at radius 3 is 2.73 bits per heavy atom. The van der Waals surface area contributed by atoms with E-state index >= 15 is 0 Å². The highest BCUT2D eigenvalue weighted by Gasteiger charge is 2.22. The first-order valence-electron chi connectivity index (χ1n) is 7.79. The summed E-state index contributed by atoms with van der Waals surface area (Å²) in [5.41, 5.74) is 1.91. The maximum atomic E-state index is 11.1. The van der Waals surface area contributed by atoms with Crippen molar-refractivity contribution in [3.63, 3.8) is 0 Å². The lowest BCUT2D eigenvalue weighted by Gasteiger charge is -2.10. The molecule has 0 saturated heterocycles. The number of aromatic nitrogens is 1. The second-order valence-electron chi connectivity index (χ2n) is 5.53. The Hall–Kier alpha value is -2.93. The minimum absolute atomic E-state index is 0.0986. The van der Waals surface area contributed by atoms with Crippen LogP contribution in [0.2, 0.25) is 0 Å². The van der Waals surface area contributed by atoms with Crippen LogP contribution in [0.25, 0.3) is 12.2 Å². The number of aryl methyl sites for hydroxylation is 1. The average molecular weight is 415 g/mol. The van der Waals surface area contributed by atoms with E-state index in [-0.39, 0.29) is 17.1 Å². The molecule has 26 heavy (non-hydrogen) atoms. The fourth-order valence-electron chi connectivity index (χ4n) is 2.40. The monoisotopic (exact) mass is 414 g/mol. The molecule has 0 aliphatic carbocycles. The number of nitrogens with zero attached hydrogens (tertiary/aromatic N) is 2. The third-order valence-corrected chi connectivity index (χ3v) is 4.16. The van der Waals surface area contributed by atoms with Gasteiger partial charge in [0.25, 0.3) is 0 Å². The van der Waals surface area contributed by atoms with Crippen molar-refractivity contribution in [2.75, 3.05) is 0 Å². The molecule has 0 aliphatic heterocycles. The van der Waals surface area contributed by atoms with Gasteiger partial charge >= 0.3 is 5.69 Å². The van der Waals surface area contributed by atoms with E-state index in [9.17, 15) is 10.1 Å². The summed E-state index contributed by atoms with van der Waals surface area (Å²) in [7, 11) is 0. The van der Waals surface area contributed by atoms with Gasteiger partial charge in [-0.2, -0.15) is 0 Å².